The van der Waals surface area contributed by atoms with Gasteiger partial charge in [0, 0.05) is 10.8 Å². The van der Waals surface area contributed by atoms with Gasteiger partial charge in [-0.3, -0.25) is 15.0 Å². The summed E-state index contributed by atoms with van der Waals surface area (Å²) in [6.45, 7) is 0. The fraction of sp³-hybridized carbons (Fsp3) is 0. The molecule has 0 saturated carbocycles. The van der Waals surface area contributed by atoms with E-state index in [1.165, 1.54) is 12.1 Å². The molecule has 0 heterocycles. The number of fused-ring (bicyclic) bond motifs is 1. The van der Waals surface area contributed by atoms with E-state index in [0.29, 0.717) is 0 Å². The molecule has 0 aliphatic rings. The zero-order chi connectivity index (χ0) is 11.9. The quantitative estimate of drug-likeness (QED) is 0.640. The maximum Gasteiger partial charge on any atom is 0.215 e. The highest BCUT2D eigenvalue weighted by Gasteiger charge is 2.13. The third kappa shape index (κ3) is 1.06. The van der Waals surface area contributed by atoms with Crippen LogP contribution in [0, 0.1) is 28.1 Å². The van der Waals surface area contributed by atoms with Gasteiger partial charge in [-0.15, -0.1) is 0 Å². The molecular weight excluding hydrogens is 206 g/mol. The lowest BCUT2D eigenvalue weighted by atomic mass is 10.1. The fourth-order valence-electron chi connectivity index (χ4n) is 1.53. The fourth-order valence-corrected chi connectivity index (χ4v) is 1.53. The topological polar surface area (TPSA) is 106 Å². The lowest BCUT2D eigenvalue weighted by Gasteiger charge is -1.93. The first-order valence-electron chi connectivity index (χ1n) is 4.26. The molecule has 2 aromatic rings. The Labute approximate surface area is 88.6 Å². The minimum atomic E-state index is -0.694. The maximum absolute atomic E-state index is 11.4. The Morgan fingerprint density at radius 3 is 1.62 bits per heavy atom. The zero-order valence-corrected chi connectivity index (χ0v) is 7.87. The molecule has 74 valence electrons. The average molecular weight is 209 g/mol. The molecule has 2 rings (SSSR count). The van der Waals surface area contributed by atoms with Crippen LogP contribution in [-0.2, 0) is 0 Å². The predicted octanol–water partition coefficient (Wildman–Crippen LogP) is -0.341. The first kappa shape index (κ1) is 9.75. The van der Waals surface area contributed by atoms with Crippen LogP contribution in [0.15, 0.2) is 21.7 Å². The summed E-state index contributed by atoms with van der Waals surface area (Å²) in [7, 11) is 0. The minimum Gasteiger partial charge on any atom is -0.293 e. The Bertz CT molecular complexity index is 760. The van der Waals surface area contributed by atoms with E-state index >= 15 is 0 Å². The van der Waals surface area contributed by atoms with Gasteiger partial charge in [-0.2, -0.15) is 10.5 Å². The van der Waals surface area contributed by atoms with Crippen LogP contribution >= 0.6 is 0 Å². The smallest absolute Gasteiger partial charge is 0.215 e. The molecule has 2 aromatic carbocycles. The Morgan fingerprint density at radius 2 is 1.31 bits per heavy atom. The Balaban J connectivity index is 3.17. The van der Waals surface area contributed by atoms with Crippen LogP contribution in [0.5, 0.6) is 0 Å². The molecule has 0 radical (unpaired) electrons. The van der Waals surface area contributed by atoms with Crippen molar-refractivity contribution in [2.45, 2.75) is 0 Å². The molecule has 0 saturated heterocycles. The molecule has 0 spiro atoms. The molecule has 0 unspecified atom stereocenters. The molecule has 0 aliphatic carbocycles. The summed E-state index contributed by atoms with van der Waals surface area (Å²) in [6.07, 6.45) is 0. The van der Waals surface area contributed by atoms with Gasteiger partial charge in [-0.05, 0) is 12.1 Å². The van der Waals surface area contributed by atoms with E-state index in [-0.39, 0.29) is 21.9 Å². The standard InChI is InChI=1S/C11H3N3O2/c12-3-5-1-7-8(2-6(5)4-13)11(16)9(14)10(7)15/h1-2,14H. The summed E-state index contributed by atoms with van der Waals surface area (Å²) in [6, 6.07) is 5.92. The third-order valence-corrected chi connectivity index (χ3v) is 2.34. The number of nitrogens with one attached hydrogen (secondary N) is 1. The van der Waals surface area contributed by atoms with Crippen molar-refractivity contribution in [1.82, 2.24) is 0 Å². The van der Waals surface area contributed by atoms with Gasteiger partial charge in [0.05, 0.1) is 11.1 Å². The van der Waals surface area contributed by atoms with E-state index in [1.807, 2.05) is 0 Å². The van der Waals surface area contributed by atoms with Gasteiger partial charge in [-0.1, -0.05) is 0 Å². The molecular formula is C11H3N3O2. The maximum atomic E-state index is 11.4. The summed E-state index contributed by atoms with van der Waals surface area (Å²) in [5, 5.41) is 24.2. The minimum absolute atomic E-state index is 0.0329. The van der Waals surface area contributed by atoms with E-state index in [4.69, 9.17) is 15.9 Å². The number of rotatable bonds is 0. The second kappa shape index (κ2) is 3.11. The highest BCUT2D eigenvalue weighted by molar-refractivity contribution is 5.86. The van der Waals surface area contributed by atoms with E-state index < -0.39 is 16.2 Å². The lowest BCUT2D eigenvalue weighted by Crippen LogP contribution is -2.29. The van der Waals surface area contributed by atoms with Gasteiger partial charge in [0.15, 0.2) is 5.36 Å². The first-order valence-corrected chi connectivity index (χ1v) is 4.26. The van der Waals surface area contributed by atoms with Crippen molar-refractivity contribution in [3.05, 3.63) is 49.1 Å². The number of nitriles is 2. The van der Waals surface area contributed by atoms with E-state index in [2.05, 4.69) is 0 Å². The Kier molecular flexibility index (Phi) is 1.90. The normalized spacial score (nSPS) is 9.88. The predicted molar refractivity (Wildman–Crippen MR) is 54.1 cm³/mol. The molecule has 0 atom stereocenters. The average Bonchev–Trinajstić information content (AvgIpc) is 2.52. The molecule has 0 bridgehead atoms. The molecule has 0 amide bonds. The Morgan fingerprint density at radius 1 is 0.938 bits per heavy atom. The van der Waals surface area contributed by atoms with Crippen molar-refractivity contribution >= 4 is 10.8 Å². The van der Waals surface area contributed by atoms with Crippen molar-refractivity contribution < 1.29 is 0 Å². The Hall–Kier alpha value is -2.79. The van der Waals surface area contributed by atoms with E-state index in [1.54, 1.807) is 12.1 Å². The molecule has 0 fully saturated rings. The SMILES string of the molecule is N#Cc1cc2c(=O)c(=N)c(=O)c2cc1C#N. The number of nitrogens with zero attached hydrogens (tertiary/aromatic N) is 2. The van der Waals surface area contributed by atoms with Crippen LogP contribution in [-0.4, -0.2) is 0 Å². The summed E-state index contributed by atoms with van der Waals surface area (Å²) in [5.74, 6) is 0. The largest absolute Gasteiger partial charge is 0.293 e. The summed E-state index contributed by atoms with van der Waals surface area (Å²) in [5.41, 5.74) is -1.31. The highest BCUT2D eigenvalue weighted by atomic mass is 16.1. The highest BCUT2D eigenvalue weighted by Crippen LogP contribution is 2.13. The molecule has 0 aromatic heterocycles. The van der Waals surface area contributed by atoms with Crippen molar-refractivity contribution in [2.75, 3.05) is 0 Å². The number of hydrogen-bond donors (Lipinski definition) is 1. The summed E-state index contributed by atoms with van der Waals surface area (Å²) in [4.78, 5) is 22.9. The van der Waals surface area contributed by atoms with Crippen LogP contribution in [0.25, 0.3) is 10.8 Å². The third-order valence-electron chi connectivity index (χ3n) is 2.34. The van der Waals surface area contributed by atoms with E-state index in [0.717, 1.165) is 0 Å². The lowest BCUT2D eigenvalue weighted by molar-refractivity contribution is 1.24. The second-order valence-electron chi connectivity index (χ2n) is 3.20. The van der Waals surface area contributed by atoms with Crippen LogP contribution < -0.4 is 16.2 Å². The van der Waals surface area contributed by atoms with Gasteiger partial charge in [0.25, 0.3) is 0 Å². The van der Waals surface area contributed by atoms with Crippen LogP contribution in [0.1, 0.15) is 11.1 Å². The van der Waals surface area contributed by atoms with Crippen LogP contribution in [0.3, 0.4) is 0 Å². The first-order chi connectivity index (χ1) is 7.60. The summed E-state index contributed by atoms with van der Waals surface area (Å²) < 4.78 is 0. The number of hydrogen-bond acceptors (Lipinski definition) is 5. The molecule has 16 heavy (non-hydrogen) atoms. The molecule has 5 nitrogen and oxygen atoms in total. The van der Waals surface area contributed by atoms with Gasteiger partial charge < -0.3 is 0 Å². The van der Waals surface area contributed by atoms with Crippen molar-refractivity contribution in [2.24, 2.45) is 0 Å². The molecule has 1 N–H and O–H groups in total. The van der Waals surface area contributed by atoms with Crippen molar-refractivity contribution in [3.8, 4) is 12.1 Å². The van der Waals surface area contributed by atoms with Crippen LogP contribution in [0.4, 0.5) is 0 Å². The monoisotopic (exact) mass is 209 g/mol. The van der Waals surface area contributed by atoms with Gasteiger partial charge in [0.1, 0.15) is 12.1 Å². The zero-order valence-electron chi connectivity index (χ0n) is 7.87. The van der Waals surface area contributed by atoms with E-state index in [9.17, 15) is 9.59 Å². The van der Waals surface area contributed by atoms with Gasteiger partial charge >= 0.3 is 0 Å². The summed E-state index contributed by atoms with van der Waals surface area (Å²) >= 11 is 0. The molecule has 5 heteroatoms. The van der Waals surface area contributed by atoms with Crippen LogP contribution in [0.2, 0.25) is 0 Å². The second-order valence-corrected chi connectivity index (χ2v) is 3.20. The number of benzene rings is 1. The molecule has 0 aliphatic heterocycles. The van der Waals surface area contributed by atoms with Crippen molar-refractivity contribution in [1.29, 1.82) is 15.9 Å². The van der Waals surface area contributed by atoms with Gasteiger partial charge in [-0.25, -0.2) is 0 Å². The van der Waals surface area contributed by atoms with Gasteiger partial charge in [0.2, 0.25) is 10.9 Å². The van der Waals surface area contributed by atoms with Crippen molar-refractivity contribution in [3.63, 3.8) is 0 Å².